The second kappa shape index (κ2) is 4.92. The third-order valence-corrected chi connectivity index (χ3v) is 5.31. The van der Waals surface area contributed by atoms with Crippen LogP contribution in [0.1, 0.15) is 18.9 Å². The van der Waals surface area contributed by atoms with Gasteiger partial charge in [-0.2, -0.15) is 0 Å². The fourth-order valence-electron chi connectivity index (χ4n) is 1.99. The zero-order chi connectivity index (χ0) is 13.4. The Labute approximate surface area is 116 Å². The first kappa shape index (κ1) is 14.0. The molecule has 1 aliphatic heterocycles. The summed E-state index contributed by atoms with van der Waals surface area (Å²) in [6, 6.07) is 5.23. The van der Waals surface area contributed by atoms with E-state index < -0.39 is 15.6 Å². The molecule has 100 valence electrons. The van der Waals surface area contributed by atoms with Gasteiger partial charge in [0.1, 0.15) is 0 Å². The molecule has 0 spiro atoms. The number of ether oxygens (including phenoxy) is 1. The van der Waals surface area contributed by atoms with Crippen molar-refractivity contribution < 1.29 is 13.2 Å². The van der Waals surface area contributed by atoms with Gasteiger partial charge in [0.05, 0.1) is 17.0 Å². The first-order valence-corrected chi connectivity index (χ1v) is 7.98. The van der Waals surface area contributed by atoms with Crippen molar-refractivity contribution in [3.05, 3.63) is 28.2 Å². The Morgan fingerprint density at radius 2 is 2.17 bits per heavy atom. The van der Waals surface area contributed by atoms with Gasteiger partial charge in [-0.25, -0.2) is 13.1 Å². The van der Waals surface area contributed by atoms with Gasteiger partial charge in [0.25, 0.3) is 0 Å². The first-order valence-electron chi connectivity index (χ1n) is 5.70. The molecule has 1 aliphatic rings. The molecule has 18 heavy (non-hydrogen) atoms. The third kappa shape index (κ3) is 2.93. The number of benzene rings is 1. The molecule has 2 rings (SSSR count). The summed E-state index contributed by atoms with van der Waals surface area (Å²) in [5, 5.41) is 0. The van der Waals surface area contributed by atoms with Crippen molar-refractivity contribution in [2.45, 2.75) is 30.7 Å². The highest BCUT2D eigenvalue weighted by Gasteiger charge is 2.35. The van der Waals surface area contributed by atoms with Crippen LogP contribution in [0.25, 0.3) is 0 Å². The van der Waals surface area contributed by atoms with Crippen molar-refractivity contribution in [2.75, 3.05) is 13.2 Å². The van der Waals surface area contributed by atoms with Gasteiger partial charge in [0, 0.05) is 11.1 Å². The molecule has 1 fully saturated rings. The average Bonchev–Trinajstić information content (AvgIpc) is 2.67. The summed E-state index contributed by atoms with van der Waals surface area (Å²) in [5.41, 5.74) is 0.223. The number of rotatable bonds is 3. The Morgan fingerprint density at radius 1 is 1.44 bits per heavy atom. The Morgan fingerprint density at radius 3 is 2.78 bits per heavy atom. The summed E-state index contributed by atoms with van der Waals surface area (Å²) in [7, 11) is -3.52. The van der Waals surface area contributed by atoms with Gasteiger partial charge in [-0.3, -0.25) is 0 Å². The lowest BCUT2D eigenvalue weighted by Gasteiger charge is -2.23. The van der Waals surface area contributed by atoms with E-state index in [9.17, 15) is 8.42 Å². The maximum Gasteiger partial charge on any atom is 0.241 e. The van der Waals surface area contributed by atoms with Crippen LogP contribution in [0, 0.1) is 6.92 Å². The fraction of sp³-hybridized carbons (Fsp3) is 0.500. The number of nitrogens with one attached hydrogen (secondary N) is 1. The summed E-state index contributed by atoms with van der Waals surface area (Å²) in [6.45, 7) is 4.66. The number of sulfonamides is 1. The summed E-state index contributed by atoms with van der Waals surface area (Å²) in [6.07, 6.45) is 0.694. The summed E-state index contributed by atoms with van der Waals surface area (Å²) in [5.74, 6) is 0. The predicted molar refractivity (Wildman–Crippen MR) is 73.0 cm³/mol. The van der Waals surface area contributed by atoms with Gasteiger partial charge in [0.15, 0.2) is 0 Å². The highest BCUT2D eigenvalue weighted by Crippen LogP contribution is 2.24. The molecule has 0 amide bonds. The van der Waals surface area contributed by atoms with Gasteiger partial charge < -0.3 is 4.74 Å². The minimum atomic E-state index is -3.52. The molecule has 0 bridgehead atoms. The number of hydrogen-bond donors (Lipinski definition) is 1. The van der Waals surface area contributed by atoms with E-state index in [0.29, 0.717) is 24.5 Å². The van der Waals surface area contributed by atoms with Crippen molar-refractivity contribution in [1.82, 2.24) is 4.72 Å². The van der Waals surface area contributed by atoms with Crippen LogP contribution in [-0.4, -0.2) is 27.2 Å². The van der Waals surface area contributed by atoms with Gasteiger partial charge >= 0.3 is 0 Å². The molecule has 4 nitrogen and oxygen atoms in total. The molecular formula is C12H16BrNO3S. The van der Waals surface area contributed by atoms with Crippen molar-refractivity contribution >= 4 is 26.0 Å². The van der Waals surface area contributed by atoms with Crippen LogP contribution >= 0.6 is 15.9 Å². The summed E-state index contributed by atoms with van der Waals surface area (Å²) < 4.78 is 33.5. The fourth-order valence-corrected chi connectivity index (χ4v) is 4.20. The highest BCUT2D eigenvalue weighted by molar-refractivity contribution is 9.10. The molecule has 0 radical (unpaired) electrons. The largest absolute Gasteiger partial charge is 0.379 e. The van der Waals surface area contributed by atoms with E-state index >= 15 is 0 Å². The normalized spacial score (nSPS) is 24.4. The summed E-state index contributed by atoms with van der Waals surface area (Å²) >= 11 is 3.30. The monoisotopic (exact) mass is 333 g/mol. The van der Waals surface area contributed by atoms with E-state index in [1.165, 1.54) is 0 Å². The molecule has 1 N–H and O–H groups in total. The van der Waals surface area contributed by atoms with E-state index in [0.717, 1.165) is 10.0 Å². The van der Waals surface area contributed by atoms with E-state index in [1.54, 1.807) is 19.1 Å². The minimum Gasteiger partial charge on any atom is -0.379 e. The van der Waals surface area contributed by atoms with Gasteiger partial charge in [-0.05, 0) is 38.0 Å². The van der Waals surface area contributed by atoms with Gasteiger partial charge in [-0.1, -0.05) is 22.0 Å². The second-order valence-electron chi connectivity index (χ2n) is 4.88. The Bertz CT molecular complexity index is 550. The van der Waals surface area contributed by atoms with E-state index in [4.69, 9.17) is 4.74 Å². The van der Waals surface area contributed by atoms with Gasteiger partial charge in [0.2, 0.25) is 10.0 Å². The molecule has 1 heterocycles. The lowest BCUT2D eigenvalue weighted by molar-refractivity contribution is 0.178. The van der Waals surface area contributed by atoms with Crippen LogP contribution in [-0.2, 0) is 14.8 Å². The molecule has 1 saturated heterocycles. The molecule has 1 aromatic rings. The standard InChI is InChI=1S/C12H16BrNO3S/c1-9-3-4-10(13)7-11(9)18(15,16)14-12(2)5-6-17-8-12/h3-4,7,14H,5-6,8H2,1-2H3. The van der Waals surface area contributed by atoms with Crippen LogP contribution in [0.3, 0.4) is 0 Å². The minimum absolute atomic E-state index is 0.310. The van der Waals surface area contributed by atoms with Crippen molar-refractivity contribution in [3.8, 4) is 0 Å². The Kier molecular flexibility index (Phi) is 3.82. The quantitative estimate of drug-likeness (QED) is 0.922. The summed E-state index contributed by atoms with van der Waals surface area (Å²) in [4.78, 5) is 0.310. The topological polar surface area (TPSA) is 55.4 Å². The molecule has 1 aromatic carbocycles. The van der Waals surface area contributed by atoms with Crippen LogP contribution in [0.15, 0.2) is 27.6 Å². The molecule has 1 atom stereocenters. The van der Waals surface area contributed by atoms with Crippen LogP contribution < -0.4 is 4.72 Å². The number of hydrogen-bond acceptors (Lipinski definition) is 3. The zero-order valence-electron chi connectivity index (χ0n) is 10.4. The molecule has 1 unspecified atom stereocenters. The van der Waals surface area contributed by atoms with E-state index in [2.05, 4.69) is 20.7 Å². The lowest BCUT2D eigenvalue weighted by Crippen LogP contribution is -2.46. The van der Waals surface area contributed by atoms with Crippen LogP contribution in [0.4, 0.5) is 0 Å². The van der Waals surface area contributed by atoms with E-state index in [1.807, 2.05) is 13.0 Å². The van der Waals surface area contributed by atoms with Crippen LogP contribution in [0.2, 0.25) is 0 Å². The number of aryl methyl sites for hydroxylation is 1. The molecule has 0 saturated carbocycles. The van der Waals surface area contributed by atoms with E-state index in [-0.39, 0.29) is 0 Å². The smallest absolute Gasteiger partial charge is 0.241 e. The third-order valence-electron chi connectivity index (χ3n) is 3.04. The molecule has 6 heteroatoms. The molecule has 0 aromatic heterocycles. The Hall–Kier alpha value is -0.430. The zero-order valence-corrected chi connectivity index (χ0v) is 12.8. The van der Waals surface area contributed by atoms with Crippen molar-refractivity contribution in [2.24, 2.45) is 0 Å². The predicted octanol–water partition coefficient (Wildman–Crippen LogP) is 2.21. The van der Waals surface area contributed by atoms with Gasteiger partial charge in [-0.15, -0.1) is 0 Å². The second-order valence-corrected chi connectivity index (χ2v) is 7.45. The molecule has 0 aliphatic carbocycles. The SMILES string of the molecule is Cc1ccc(Br)cc1S(=O)(=O)NC1(C)CCOC1. The molecular weight excluding hydrogens is 318 g/mol. The maximum absolute atomic E-state index is 12.4. The maximum atomic E-state index is 12.4. The highest BCUT2D eigenvalue weighted by atomic mass is 79.9. The lowest BCUT2D eigenvalue weighted by atomic mass is 10.0. The average molecular weight is 334 g/mol. The Balaban J connectivity index is 2.33. The first-order chi connectivity index (χ1) is 8.32. The van der Waals surface area contributed by atoms with Crippen LogP contribution in [0.5, 0.6) is 0 Å². The van der Waals surface area contributed by atoms with Crippen molar-refractivity contribution in [3.63, 3.8) is 0 Å². The van der Waals surface area contributed by atoms with Crippen molar-refractivity contribution in [1.29, 1.82) is 0 Å². The number of halogens is 1.